The third kappa shape index (κ3) is 3.69. The van der Waals surface area contributed by atoms with E-state index in [0.717, 1.165) is 41.4 Å². The van der Waals surface area contributed by atoms with Crippen LogP contribution in [0, 0.1) is 6.92 Å². The van der Waals surface area contributed by atoms with Crippen LogP contribution in [0.15, 0.2) is 53.7 Å². The Kier molecular flexibility index (Phi) is 5.21. The summed E-state index contributed by atoms with van der Waals surface area (Å²) in [6.45, 7) is 2.82. The van der Waals surface area contributed by atoms with Gasteiger partial charge in [0.05, 0.1) is 23.3 Å². The first-order valence-corrected chi connectivity index (χ1v) is 11.5. The second-order valence-corrected chi connectivity index (χ2v) is 8.96. The van der Waals surface area contributed by atoms with Crippen molar-refractivity contribution in [1.29, 1.82) is 0 Å². The van der Waals surface area contributed by atoms with E-state index in [-0.39, 0.29) is 5.91 Å². The average molecular weight is 420 g/mol. The Labute approximate surface area is 179 Å². The molecule has 0 unspecified atom stereocenters. The first-order valence-electron chi connectivity index (χ1n) is 10.5. The zero-order valence-electron chi connectivity index (χ0n) is 17.0. The lowest BCUT2D eigenvalue weighted by atomic mass is 10.1. The average Bonchev–Trinajstić information content (AvgIpc) is 3.47. The van der Waals surface area contributed by atoms with Crippen LogP contribution in [-0.2, 0) is 11.3 Å². The highest BCUT2D eigenvalue weighted by Crippen LogP contribution is 2.27. The van der Waals surface area contributed by atoms with Crippen LogP contribution < -0.4 is 5.32 Å². The van der Waals surface area contributed by atoms with Crippen LogP contribution in [0.4, 0.5) is 0 Å². The van der Waals surface area contributed by atoms with Crippen molar-refractivity contribution < 1.29 is 4.79 Å². The normalized spacial score (nSPS) is 14.7. The number of amides is 1. The number of aromatic nitrogens is 4. The SMILES string of the molecule is Cc1ccc(Cn2c3ccccc3n3c(SCC(=O)NC4CCCC4)nnc23)cc1. The second-order valence-electron chi connectivity index (χ2n) is 8.02. The third-order valence-corrected chi connectivity index (χ3v) is 6.71. The van der Waals surface area contributed by atoms with Gasteiger partial charge in [0, 0.05) is 6.04 Å². The number of benzene rings is 2. The molecule has 1 N–H and O–H groups in total. The van der Waals surface area contributed by atoms with E-state index in [1.54, 1.807) is 0 Å². The van der Waals surface area contributed by atoms with Gasteiger partial charge in [-0.2, -0.15) is 0 Å². The summed E-state index contributed by atoms with van der Waals surface area (Å²) in [7, 11) is 0. The Hall–Kier alpha value is -2.80. The van der Waals surface area contributed by atoms with Crippen molar-refractivity contribution in [2.45, 2.75) is 50.4 Å². The van der Waals surface area contributed by atoms with Gasteiger partial charge in [-0.05, 0) is 37.5 Å². The van der Waals surface area contributed by atoms with Gasteiger partial charge in [-0.15, -0.1) is 10.2 Å². The van der Waals surface area contributed by atoms with E-state index in [4.69, 9.17) is 0 Å². The number of hydrogen-bond acceptors (Lipinski definition) is 4. The van der Waals surface area contributed by atoms with Gasteiger partial charge >= 0.3 is 0 Å². The van der Waals surface area contributed by atoms with Crippen LogP contribution in [0.1, 0.15) is 36.8 Å². The van der Waals surface area contributed by atoms with Crippen LogP contribution in [0.2, 0.25) is 0 Å². The number of thioether (sulfide) groups is 1. The maximum atomic E-state index is 12.4. The van der Waals surface area contributed by atoms with Crippen LogP contribution in [0.5, 0.6) is 0 Å². The number of carbonyl (C=O) groups is 1. The first-order chi connectivity index (χ1) is 14.7. The maximum absolute atomic E-state index is 12.4. The summed E-state index contributed by atoms with van der Waals surface area (Å²) in [6, 6.07) is 17.2. The number of fused-ring (bicyclic) bond motifs is 3. The minimum Gasteiger partial charge on any atom is -0.353 e. The molecule has 7 heteroatoms. The largest absolute Gasteiger partial charge is 0.353 e. The monoisotopic (exact) mass is 419 g/mol. The molecule has 6 nitrogen and oxygen atoms in total. The van der Waals surface area contributed by atoms with Crippen LogP contribution in [-0.4, -0.2) is 36.9 Å². The minimum atomic E-state index is 0.0760. The Morgan fingerprint density at radius 2 is 1.80 bits per heavy atom. The maximum Gasteiger partial charge on any atom is 0.237 e. The topological polar surface area (TPSA) is 64.2 Å². The van der Waals surface area contributed by atoms with Crippen molar-refractivity contribution in [3.8, 4) is 0 Å². The zero-order chi connectivity index (χ0) is 20.5. The zero-order valence-corrected chi connectivity index (χ0v) is 17.9. The fourth-order valence-electron chi connectivity index (χ4n) is 4.23. The van der Waals surface area contributed by atoms with E-state index in [2.05, 4.69) is 67.8 Å². The molecule has 1 saturated carbocycles. The van der Waals surface area contributed by atoms with Crippen molar-refractivity contribution in [1.82, 2.24) is 24.5 Å². The third-order valence-electron chi connectivity index (χ3n) is 5.79. The number of rotatable bonds is 6. The summed E-state index contributed by atoms with van der Waals surface area (Å²) in [5.41, 5.74) is 4.64. The standard InChI is InChI=1S/C23H25N5OS/c1-16-10-12-17(13-11-16)14-27-19-8-4-5-9-20(19)28-22(27)25-26-23(28)30-15-21(29)24-18-6-2-3-7-18/h4-5,8-13,18H,2-3,6-7,14-15H2,1H3,(H,24,29). The predicted molar refractivity (Wildman–Crippen MR) is 120 cm³/mol. The summed E-state index contributed by atoms with van der Waals surface area (Å²) in [5.74, 6) is 1.23. The fraction of sp³-hybridized carbons (Fsp3) is 0.348. The van der Waals surface area contributed by atoms with Crippen molar-refractivity contribution >= 4 is 34.5 Å². The molecule has 0 bridgehead atoms. The molecule has 0 aliphatic heterocycles. The molecule has 0 spiro atoms. The quantitative estimate of drug-likeness (QED) is 0.476. The highest BCUT2D eigenvalue weighted by Gasteiger charge is 2.20. The molecule has 0 saturated heterocycles. The molecule has 1 aliphatic rings. The lowest BCUT2D eigenvalue weighted by molar-refractivity contribution is -0.119. The molecule has 1 aliphatic carbocycles. The van der Waals surface area contributed by atoms with Crippen LogP contribution in [0.3, 0.4) is 0 Å². The van der Waals surface area contributed by atoms with Crippen LogP contribution in [0.25, 0.3) is 16.8 Å². The summed E-state index contributed by atoms with van der Waals surface area (Å²) in [6.07, 6.45) is 4.61. The van der Waals surface area contributed by atoms with Gasteiger partial charge in [-0.25, -0.2) is 0 Å². The van der Waals surface area contributed by atoms with Crippen molar-refractivity contribution in [3.05, 3.63) is 59.7 Å². The van der Waals surface area contributed by atoms with Crippen molar-refractivity contribution in [2.24, 2.45) is 0 Å². The van der Waals surface area contributed by atoms with Gasteiger partial charge in [0.1, 0.15) is 0 Å². The van der Waals surface area contributed by atoms with E-state index in [0.29, 0.717) is 11.8 Å². The number of imidazole rings is 1. The van der Waals surface area contributed by atoms with E-state index in [1.807, 2.05) is 12.1 Å². The number of aryl methyl sites for hydroxylation is 1. The van der Waals surface area contributed by atoms with E-state index < -0.39 is 0 Å². The summed E-state index contributed by atoms with van der Waals surface area (Å²) < 4.78 is 4.26. The number of carbonyl (C=O) groups excluding carboxylic acids is 1. The number of para-hydroxylation sites is 2. The molecule has 30 heavy (non-hydrogen) atoms. The molecule has 0 atom stereocenters. The van der Waals surface area contributed by atoms with Gasteiger partial charge in [0.15, 0.2) is 5.16 Å². The van der Waals surface area contributed by atoms with Gasteiger partial charge in [0.2, 0.25) is 11.7 Å². The number of nitrogens with one attached hydrogen (secondary N) is 1. The fourth-order valence-corrected chi connectivity index (χ4v) is 4.98. The molecule has 2 aromatic heterocycles. The van der Waals surface area contributed by atoms with Crippen molar-refractivity contribution in [2.75, 3.05) is 5.75 Å². The summed E-state index contributed by atoms with van der Waals surface area (Å²) >= 11 is 1.45. The minimum absolute atomic E-state index is 0.0760. The smallest absolute Gasteiger partial charge is 0.237 e. The Morgan fingerprint density at radius 1 is 1.07 bits per heavy atom. The molecule has 2 heterocycles. The lowest BCUT2D eigenvalue weighted by Gasteiger charge is -2.10. The molecular formula is C23H25N5OS. The number of nitrogens with zero attached hydrogens (tertiary/aromatic N) is 4. The second kappa shape index (κ2) is 8.14. The van der Waals surface area contributed by atoms with Crippen molar-refractivity contribution in [3.63, 3.8) is 0 Å². The highest BCUT2D eigenvalue weighted by atomic mass is 32.2. The molecule has 0 radical (unpaired) electrons. The van der Waals surface area contributed by atoms with Crippen LogP contribution >= 0.6 is 11.8 Å². The Balaban J connectivity index is 1.43. The van der Waals surface area contributed by atoms with E-state index in [9.17, 15) is 4.79 Å². The summed E-state index contributed by atoms with van der Waals surface area (Å²) in [4.78, 5) is 12.4. The number of hydrogen-bond donors (Lipinski definition) is 1. The van der Waals surface area contributed by atoms with E-state index in [1.165, 1.54) is 35.7 Å². The predicted octanol–water partition coefficient (Wildman–Crippen LogP) is 4.19. The van der Waals surface area contributed by atoms with Gasteiger partial charge < -0.3 is 9.88 Å². The summed E-state index contributed by atoms with van der Waals surface area (Å²) in [5, 5.41) is 12.8. The van der Waals surface area contributed by atoms with E-state index >= 15 is 0 Å². The first kappa shape index (κ1) is 19.2. The lowest BCUT2D eigenvalue weighted by Crippen LogP contribution is -2.33. The molecule has 4 aromatic rings. The van der Waals surface area contributed by atoms with Gasteiger partial charge in [0.25, 0.3) is 0 Å². The highest BCUT2D eigenvalue weighted by molar-refractivity contribution is 7.99. The molecule has 2 aromatic carbocycles. The van der Waals surface area contributed by atoms with Gasteiger partial charge in [-0.3, -0.25) is 9.20 Å². The Bertz CT molecular complexity index is 1190. The molecular weight excluding hydrogens is 394 g/mol. The molecule has 1 amide bonds. The molecule has 154 valence electrons. The molecule has 1 fully saturated rings. The van der Waals surface area contributed by atoms with Gasteiger partial charge in [-0.1, -0.05) is 66.6 Å². The Morgan fingerprint density at radius 3 is 2.57 bits per heavy atom. The molecule has 5 rings (SSSR count).